The lowest BCUT2D eigenvalue weighted by Crippen LogP contribution is -2.38. The number of halogens is 1. The van der Waals surface area contributed by atoms with Crippen LogP contribution in [0.15, 0.2) is 53.3 Å². The fourth-order valence-corrected chi connectivity index (χ4v) is 3.55. The Balaban J connectivity index is 2.12. The highest BCUT2D eigenvalue weighted by Gasteiger charge is 2.27. The maximum atomic E-state index is 13.2. The van der Waals surface area contributed by atoms with Crippen LogP contribution >= 0.6 is 0 Å². The molecule has 0 spiro atoms. The van der Waals surface area contributed by atoms with E-state index in [1.165, 1.54) is 24.3 Å². The minimum Gasteiger partial charge on any atom is -0.329 e. The van der Waals surface area contributed by atoms with Crippen molar-refractivity contribution in [3.05, 3.63) is 76.1 Å². The molecule has 0 aliphatic carbocycles. The molecule has 0 bridgehead atoms. The van der Waals surface area contributed by atoms with Crippen molar-refractivity contribution in [2.24, 2.45) is 0 Å². The van der Waals surface area contributed by atoms with Crippen molar-refractivity contribution in [3.8, 4) is 0 Å². The SMILES string of the molecule is CCC(c1nc2ccccc2c(=O)n1CC)N(CC)C(=O)c1ccc(F)cc1. The summed E-state index contributed by atoms with van der Waals surface area (Å²) >= 11 is 0. The molecule has 0 N–H and O–H groups in total. The van der Waals surface area contributed by atoms with E-state index >= 15 is 0 Å². The monoisotopic (exact) mass is 381 g/mol. The standard InChI is InChI=1S/C22H24FN3O2/c1-4-19(25(5-2)21(27)15-11-13-16(23)14-12-15)20-24-18-10-8-7-9-17(18)22(28)26(20)6-3/h7-14,19H,4-6H2,1-3H3. The Hall–Kier alpha value is -3.02. The topological polar surface area (TPSA) is 55.2 Å². The summed E-state index contributed by atoms with van der Waals surface area (Å²) in [7, 11) is 0. The lowest BCUT2D eigenvalue weighted by atomic mass is 10.1. The molecule has 0 aliphatic rings. The summed E-state index contributed by atoms with van der Waals surface area (Å²) in [6.45, 7) is 6.66. The van der Waals surface area contributed by atoms with Gasteiger partial charge >= 0.3 is 0 Å². The molecule has 1 unspecified atom stereocenters. The average molecular weight is 381 g/mol. The van der Waals surface area contributed by atoms with Gasteiger partial charge in [-0.25, -0.2) is 9.37 Å². The second-order valence-electron chi connectivity index (χ2n) is 6.56. The molecule has 6 heteroatoms. The molecular weight excluding hydrogens is 357 g/mol. The first-order chi connectivity index (χ1) is 13.5. The van der Waals surface area contributed by atoms with E-state index < -0.39 is 0 Å². The van der Waals surface area contributed by atoms with Gasteiger partial charge in [-0.3, -0.25) is 14.2 Å². The molecular formula is C22H24FN3O2. The van der Waals surface area contributed by atoms with Gasteiger partial charge in [-0.2, -0.15) is 0 Å². The van der Waals surface area contributed by atoms with E-state index in [0.29, 0.717) is 41.8 Å². The Morgan fingerprint density at radius 2 is 1.79 bits per heavy atom. The maximum absolute atomic E-state index is 13.2. The van der Waals surface area contributed by atoms with E-state index in [1.54, 1.807) is 15.5 Å². The van der Waals surface area contributed by atoms with Gasteiger partial charge in [-0.15, -0.1) is 0 Å². The summed E-state index contributed by atoms with van der Waals surface area (Å²) < 4.78 is 14.9. The van der Waals surface area contributed by atoms with Crippen molar-refractivity contribution in [2.75, 3.05) is 6.54 Å². The van der Waals surface area contributed by atoms with Gasteiger partial charge in [0.2, 0.25) is 0 Å². The highest BCUT2D eigenvalue weighted by molar-refractivity contribution is 5.94. The number of carbonyl (C=O) groups is 1. The fourth-order valence-electron chi connectivity index (χ4n) is 3.55. The first-order valence-electron chi connectivity index (χ1n) is 9.57. The molecule has 1 aromatic heterocycles. The number of aromatic nitrogens is 2. The molecule has 3 aromatic rings. The quantitative estimate of drug-likeness (QED) is 0.644. The van der Waals surface area contributed by atoms with E-state index in [9.17, 15) is 14.0 Å². The molecule has 28 heavy (non-hydrogen) atoms. The normalized spacial score (nSPS) is 12.1. The van der Waals surface area contributed by atoms with Gasteiger partial charge in [0.15, 0.2) is 0 Å². The van der Waals surface area contributed by atoms with Crippen LogP contribution in [0.4, 0.5) is 4.39 Å². The summed E-state index contributed by atoms with van der Waals surface area (Å²) in [5.41, 5.74) is 0.927. The van der Waals surface area contributed by atoms with Gasteiger partial charge in [0, 0.05) is 18.7 Å². The van der Waals surface area contributed by atoms with Gasteiger partial charge in [-0.1, -0.05) is 19.1 Å². The second kappa shape index (κ2) is 8.33. The van der Waals surface area contributed by atoms with Crippen molar-refractivity contribution in [3.63, 3.8) is 0 Å². The first-order valence-corrected chi connectivity index (χ1v) is 9.57. The largest absolute Gasteiger partial charge is 0.329 e. The number of rotatable bonds is 6. The molecule has 0 radical (unpaired) electrons. The molecule has 146 valence electrons. The third-order valence-corrected chi connectivity index (χ3v) is 4.96. The third-order valence-electron chi connectivity index (χ3n) is 4.96. The van der Waals surface area contributed by atoms with Crippen LogP contribution in [-0.2, 0) is 6.54 Å². The van der Waals surface area contributed by atoms with Crippen molar-refractivity contribution in [1.82, 2.24) is 14.5 Å². The number of nitrogens with zero attached hydrogens (tertiary/aromatic N) is 3. The molecule has 5 nitrogen and oxygen atoms in total. The summed E-state index contributed by atoms with van der Waals surface area (Å²) in [5, 5.41) is 0.566. The zero-order chi connectivity index (χ0) is 20.3. The Morgan fingerprint density at radius 1 is 1.11 bits per heavy atom. The Morgan fingerprint density at radius 3 is 2.39 bits per heavy atom. The molecule has 3 rings (SSSR count). The molecule has 0 saturated heterocycles. The van der Waals surface area contributed by atoms with Crippen LogP contribution in [0.5, 0.6) is 0 Å². The van der Waals surface area contributed by atoms with Gasteiger partial charge < -0.3 is 4.90 Å². The van der Waals surface area contributed by atoms with Crippen molar-refractivity contribution in [2.45, 2.75) is 39.8 Å². The smallest absolute Gasteiger partial charge is 0.261 e. The second-order valence-corrected chi connectivity index (χ2v) is 6.56. The number of benzene rings is 2. The average Bonchev–Trinajstić information content (AvgIpc) is 2.72. The van der Waals surface area contributed by atoms with Gasteiger partial charge in [0.05, 0.1) is 16.9 Å². The Bertz CT molecular complexity index is 1040. The fraction of sp³-hybridized carbons (Fsp3) is 0.318. The van der Waals surface area contributed by atoms with Crippen molar-refractivity contribution < 1.29 is 9.18 Å². The van der Waals surface area contributed by atoms with Gasteiger partial charge in [0.25, 0.3) is 11.5 Å². The zero-order valence-corrected chi connectivity index (χ0v) is 16.4. The van der Waals surface area contributed by atoms with E-state index in [-0.39, 0.29) is 23.3 Å². The summed E-state index contributed by atoms with van der Waals surface area (Å²) in [5.74, 6) is -0.0203. The van der Waals surface area contributed by atoms with Crippen molar-refractivity contribution in [1.29, 1.82) is 0 Å². The Labute approximate surface area is 163 Å². The van der Waals surface area contributed by atoms with E-state index in [1.807, 2.05) is 39.0 Å². The number of hydrogen-bond acceptors (Lipinski definition) is 3. The molecule has 1 heterocycles. The van der Waals surface area contributed by atoms with Crippen LogP contribution < -0.4 is 5.56 Å². The predicted molar refractivity (Wildman–Crippen MR) is 108 cm³/mol. The number of carbonyl (C=O) groups excluding carboxylic acids is 1. The van der Waals surface area contributed by atoms with Crippen LogP contribution in [-0.4, -0.2) is 26.9 Å². The van der Waals surface area contributed by atoms with E-state index in [4.69, 9.17) is 4.98 Å². The minimum atomic E-state index is -0.386. The number of fused-ring (bicyclic) bond motifs is 1. The molecule has 0 aliphatic heterocycles. The van der Waals surface area contributed by atoms with Gasteiger partial charge in [-0.05, 0) is 56.7 Å². The van der Waals surface area contributed by atoms with Crippen molar-refractivity contribution >= 4 is 16.8 Å². The van der Waals surface area contributed by atoms with Crippen LogP contribution in [0, 0.1) is 5.82 Å². The Kier molecular flexibility index (Phi) is 5.87. The lowest BCUT2D eigenvalue weighted by Gasteiger charge is -2.31. The molecule has 1 amide bonds. The summed E-state index contributed by atoms with van der Waals surface area (Å²) in [6.07, 6.45) is 0.603. The molecule has 0 saturated carbocycles. The van der Waals surface area contributed by atoms with E-state index in [0.717, 1.165) is 0 Å². The number of para-hydroxylation sites is 1. The lowest BCUT2D eigenvalue weighted by molar-refractivity contribution is 0.0669. The van der Waals surface area contributed by atoms with Gasteiger partial charge in [0.1, 0.15) is 11.6 Å². The highest BCUT2D eigenvalue weighted by atomic mass is 19.1. The first kappa shape index (κ1) is 19.7. The van der Waals surface area contributed by atoms with E-state index in [2.05, 4.69) is 0 Å². The van der Waals surface area contributed by atoms with Crippen LogP contribution in [0.25, 0.3) is 10.9 Å². The molecule has 0 fully saturated rings. The highest BCUT2D eigenvalue weighted by Crippen LogP contribution is 2.25. The zero-order valence-electron chi connectivity index (χ0n) is 16.4. The molecule has 1 atom stereocenters. The van der Waals surface area contributed by atoms with Crippen LogP contribution in [0.3, 0.4) is 0 Å². The maximum Gasteiger partial charge on any atom is 0.261 e. The molecule has 2 aromatic carbocycles. The number of amides is 1. The third kappa shape index (κ3) is 3.54. The van der Waals surface area contributed by atoms with Crippen LogP contribution in [0.1, 0.15) is 49.4 Å². The van der Waals surface area contributed by atoms with Crippen LogP contribution in [0.2, 0.25) is 0 Å². The number of hydrogen-bond donors (Lipinski definition) is 0. The summed E-state index contributed by atoms with van der Waals surface area (Å²) in [6, 6.07) is 12.4. The summed E-state index contributed by atoms with van der Waals surface area (Å²) in [4.78, 5) is 32.5. The minimum absolute atomic E-state index is 0.105. The predicted octanol–water partition coefficient (Wildman–Crippen LogP) is 4.17.